The lowest BCUT2D eigenvalue weighted by molar-refractivity contribution is -0.141. The molecular formula is C42H73N15O8. The van der Waals surface area contributed by atoms with Crippen molar-refractivity contribution in [3.05, 3.63) is 29.8 Å². The van der Waals surface area contributed by atoms with E-state index in [9.17, 15) is 38.7 Å². The average Bonchev–Trinajstić information content (AvgIpc) is 3.75. The number of likely N-dealkylation sites (N-methyl/N-ethyl adjacent to an activating group) is 1. The van der Waals surface area contributed by atoms with Crippen LogP contribution >= 0.6 is 0 Å². The van der Waals surface area contributed by atoms with Crippen LogP contribution in [0.2, 0.25) is 0 Å². The summed E-state index contributed by atoms with van der Waals surface area (Å²) in [4.78, 5) is 106. The fourth-order valence-corrected chi connectivity index (χ4v) is 7.29. The van der Waals surface area contributed by atoms with Crippen LogP contribution < -0.4 is 61.4 Å². The summed E-state index contributed by atoms with van der Waals surface area (Å²) >= 11 is 0. The van der Waals surface area contributed by atoms with Crippen molar-refractivity contribution in [2.45, 2.75) is 134 Å². The minimum Gasteiger partial charge on any atom is -0.508 e. The van der Waals surface area contributed by atoms with Gasteiger partial charge in [0.2, 0.25) is 41.4 Å². The van der Waals surface area contributed by atoms with Crippen LogP contribution in [0.15, 0.2) is 34.3 Å². The van der Waals surface area contributed by atoms with E-state index in [-0.39, 0.29) is 81.9 Å². The molecule has 1 fully saturated rings. The lowest BCUT2D eigenvalue weighted by Gasteiger charge is -2.31. The molecular weight excluding hydrogens is 843 g/mol. The second kappa shape index (κ2) is 27.8. The molecule has 0 saturated carbocycles. The third-order valence-corrected chi connectivity index (χ3v) is 10.9. The van der Waals surface area contributed by atoms with Crippen molar-refractivity contribution in [3.8, 4) is 5.75 Å². The average molecular weight is 916 g/mol. The topological polar surface area (TPSA) is 401 Å². The van der Waals surface area contributed by atoms with Gasteiger partial charge in [0.05, 0.1) is 6.04 Å². The maximum absolute atomic E-state index is 14.1. The van der Waals surface area contributed by atoms with E-state index >= 15 is 0 Å². The summed E-state index contributed by atoms with van der Waals surface area (Å²) in [6, 6.07) is -1.93. The Morgan fingerprint density at radius 1 is 0.769 bits per heavy atom. The van der Waals surface area contributed by atoms with E-state index in [0.717, 1.165) is 4.90 Å². The largest absolute Gasteiger partial charge is 0.508 e. The van der Waals surface area contributed by atoms with Gasteiger partial charge in [-0.05, 0) is 81.4 Å². The first-order valence-electron chi connectivity index (χ1n) is 22.1. The Hall–Kier alpha value is -6.23. The smallest absolute Gasteiger partial charge is 0.246 e. The number of nitrogens with one attached hydrogen (secondary N) is 4. The lowest BCUT2D eigenvalue weighted by Crippen LogP contribution is -2.61. The minimum atomic E-state index is -1.33. The fourth-order valence-electron chi connectivity index (χ4n) is 7.29. The van der Waals surface area contributed by atoms with Crippen LogP contribution in [-0.2, 0) is 40.0 Å². The summed E-state index contributed by atoms with van der Waals surface area (Å²) in [5.74, 6) is -4.73. The van der Waals surface area contributed by atoms with Crippen LogP contribution in [0.25, 0.3) is 0 Å². The number of carbonyl (C=O) groups excluding carboxylic acids is 7. The van der Waals surface area contributed by atoms with Gasteiger partial charge in [0.15, 0.2) is 11.9 Å². The van der Waals surface area contributed by atoms with Crippen molar-refractivity contribution in [1.29, 1.82) is 0 Å². The van der Waals surface area contributed by atoms with Crippen LogP contribution in [-0.4, -0.2) is 144 Å². The highest BCUT2D eigenvalue weighted by Crippen LogP contribution is 2.20. The first-order chi connectivity index (χ1) is 30.7. The van der Waals surface area contributed by atoms with E-state index in [1.165, 1.54) is 24.1 Å². The molecule has 0 radical (unpaired) electrons. The third-order valence-electron chi connectivity index (χ3n) is 10.9. The second-order valence-corrected chi connectivity index (χ2v) is 16.7. The summed E-state index contributed by atoms with van der Waals surface area (Å²) < 4.78 is 0. The van der Waals surface area contributed by atoms with Crippen molar-refractivity contribution in [2.24, 2.45) is 56.0 Å². The summed E-state index contributed by atoms with van der Waals surface area (Å²) in [6.45, 7) is 6.04. The predicted molar refractivity (Wildman–Crippen MR) is 246 cm³/mol. The molecule has 1 heterocycles. The molecule has 0 bridgehead atoms. The summed E-state index contributed by atoms with van der Waals surface area (Å²) in [5.41, 5.74) is 40.1. The summed E-state index contributed by atoms with van der Waals surface area (Å²) in [6.07, 6.45) is 3.16. The molecule has 23 nitrogen and oxygen atoms in total. The lowest BCUT2D eigenvalue weighted by atomic mass is 10.0. The molecule has 0 spiro atoms. The van der Waals surface area contributed by atoms with Gasteiger partial charge < -0.3 is 76.3 Å². The summed E-state index contributed by atoms with van der Waals surface area (Å²) in [7, 11) is 1.40. The van der Waals surface area contributed by atoms with E-state index in [0.29, 0.717) is 44.1 Å². The Balaban J connectivity index is 2.35. The number of hydrogen-bond acceptors (Lipinski definition) is 12. The van der Waals surface area contributed by atoms with Crippen molar-refractivity contribution >= 4 is 53.3 Å². The molecule has 65 heavy (non-hydrogen) atoms. The Labute approximate surface area is 380 Å². The number of carbonyl (C=O) groups is 7. The number of aliphatic imine (C=N–C) groups is 2. The molecule has 1 aliphatic rings. The Morgan fingerprint density at radius 2 is 1.31 bits per heavy atom. The highest BCUT2D eigenvalue weighted by molar-refractivity contribution is 5.97. The number of guanidine groups is 2. The molecule has 23 heteroatoms. The normalized spacial score (nSPS) is 16.2. The van der Waals surface area contributed by atoms with Gasteiger partial charge in [0.1, 0.15) is 42.0 Å². The van der Waals surface area contributed by atoms with Crippen molar-refractivity contribution in [3.63, 3.8) is 0 Å². The molecule has 1 saturated heterocycles. The molecule has 2 rings (SSSR count). The number of hydrogen-bond donors (Lipinski definition) is 12. The first kappa shape index (κ1) is 54.9. The Morgan fingerprint density at radius 3 is 1.85 bits per heavy atom. The molecule has 0 unspecified atom stereocenters. The van der Waals surface area contributed by atoms with Gasteiger partial charge in [-0.15, -0.1) is 0 Å². The van der Waals surface area contributed by atoms with Gasteiger partial charge in [-0.1, -0.05) is 39.3 Å². The minimum absolute atomic E-state index is 0.0328. The number of likely N-dealkylation sites (tertiary alicyclic amines) is 1. The Kier molecular flexibility index (Phi) is 23.5. The number of phenolic OH excluding ortho intramolecular Hbond substituents is 1. The molecule has 7 amide bonds. The van der Waals surface area contributed by atoms with Crippen LogP contribution in [0.4, 0.5) is 0 Å². The molecule has 0 aliphatic carbocycles. The zero-order valence-corrected chi connectivity index (χ0v) is 38.2. The molecule has 1 aromatic carbocycles. The van der Waals surface area contributed by atoms with Crippen molar-refractivity contribution < 1.29 is 38.7 Å². The first-order valence-corrected chi connectivity index (χ1v) is 22.1. The number of benzene rings is 1. The molecule has 0 aromatic heterocycles. The monoisotopic (exact) mass is 916 g/mol. The van der Waals surface area contributed by atoms with E-state index < -0.39 is 83.6 Å². The van der Waals surface area contributed by atoms with Crippen LogP contribution in [0.5, 0.6) is 5.75 Å². The number of nitrogens with zero attached hydrogens (tertiary/aromatic N) is 4. The molecule has 7 atom stereocenters. The van der Waals surface area contributed by atoms with Crippen LogP contribution in [0.3, 0.4) is 0 Å². The fraction of sp³-hybridized carbons (Fsp3) is 0.643. The quantitative estimate of drug-likeness (QED) is 0.0224. The maximum Gasteiger partial charge on any atom is 0.246 e. The highest BCUT2D eigenvalue weighted by atomic mass is 16.3. The van der Waals surface area contributed by atoms with Gasteiger partial charge in [0, 0.05) is 39.6 Å². The van der Waals surface area contributed by atoms with E-state index in [1.54, 1.807) is 19.1 Å². The number of primary amides is 1. The molecule has 364 valence electrons. The zero-order chi connectivity index (χ0) is 48.8. The van der Waals surface area contributed by atoms with Gasteiger partial charge in [-0.2, -0.15) is 0 Å². The van der Waals surface area contributed by atoms with Gasteiger partial charge in [-0.3, -0.25) is 43.5 Å². The van der Waals surface area contributed by atoms with Crippen molar-refractivity contribution in [1.82, 2.24) is 31.1 Å². The SMILES string of the molecule is CCC[C@H](NC(=O)[C@H](CCCN=C(N)N)NC(=O)[C@@H]1CCCN1C(=O)[C@@H](N)CCCN=C(N)N)C(=O)N[C@@H](Cc1ccc(O)cc1)C(=O)N[C@@H](CN)C(=O)N(C)[C@@H](CCC(C)C)C(N)=O. The Bertz CT molecular complexity index is 1800. The number of aromatic hydroxyl groups is 1. The predicted octanol–water partition coefficient (Wildman–Crippen LogP) is -3.19. The van der Waals surface area contributed by atoms with Crippen molar-refractivity contribution in [2.75, 3.05) is 33.2 Å². The van der Waals surface area contributed by atoms with E-state index in [4.69, 9.17) is 40.1 Å². The van der Waals surface area contributed by atoms with Crippen LogP contribution in [0.1, 0.15) is 90.5 Å². The third kappa shape index (κ3) is 18.8. The van der Waals surface area contributed by atoms with Gasteiger partial charge in [0.25, 0.3) is 0 Å². The van der Waals surface area contributed by atoms with E-state index in [1.807, 2.05) is 13.8 Å². The second-order valence-electron chi connectivity index (χ2n) is 16.7. The van der Waals surface area contributed by atoms with Gasteiger partial charge in [-0.25, -0.2) is 0 Å². The number of phenols is 1. The number of amides is 7. The zero-order valence-electron chi connectivity index (χ0n) is 38.2. The molecule has 1 aliphatic heterocycles. The van der Waals surface area contributed by atoms with Crippen LogP contribution in [0, 0.1) is 5.92 Å². The highest BCUT2D eigenvalue weighted by Gasteiger charge is 2.38. The molecule has 19 N–H and O–H groups in total. The molecule has 1 aromatic rings. The standard InChI is InChI=1S/C42H73N15O8/c1-5-9-28(52-36(61)29(11-7-20-51-42(48)49)53-38(63)33-12-8-21-57(33)39(64)27(44)10-6-19-50-41(46)47)35(60)54-30(22-25-14-16-26(58)17-15-25)37(62)55-31(23-43)40(65)56(4)32(34(45)59)18-13-24(2)3/h14-17,24,27-33,58H,5-13,18-23,43-44H2,1-4H3,(H2,45,59)(H,52,61)(H,53,63)(H,54,60)(H,55,62)(H4,46,47,50)(H4,48,49,51)/t27-,28-,29-,30-,31-,32-,33-/m0/s1. The summed E-state index contributed by atoms with van der Waals surface area (Å²) in [5, 5.41) is 20.7. The number of nitrogens with two attached hydrogens (primary N) is 7. The number of rotatable bonds is 28. The maximum atomic E-state index is 14.1. The van der Waals surface area contributed by atoms with Gasteiger partial charge >= 0.3 is 0 Å². The van der Waals surface area contributed by atoms with E-state index in [2.05, 4.69) is 31.3 Å².